The van der Waals surface area contributed by atoms with Gasteiger partial charge in [-0.05, 0) is 30.7 Å². The highest BCUT2D eigenvalue weighted by atomic mass is 16.5. The second-order valence-electron chi connectivity index (χ2n) is 4.24. The van der Waals surface area contributed by atoms with Gasteiger partial charge >= 0.3 is 0 Å². The molecule has 0 amide bonds. The van der Waals surface area contributed by atoms with E-state index < -0.39 is 6.10 Å². The molecule has 4 heteroatoms. The van der Waals surface area contributed by atoms with E-state index in [1.165, 1.54) is 0 Å². The highest BCUT2D eigenvalue weighted by Gasteiger charge is 2.00. The van der Waals surface area contributed by atoms with Gasteiger partial charge in [-0.15, -0.1) is 0 Å². The Bertz CT molecular complexity index is 421. The number of aliphatic hydroxyl groups excluding tert-OH is 1. The zero-order chi connectivity index (χ0) is 13.9. The van der Waals surface area contributed by atoms with Gasteiger partial charge in [0.2, 0.25) is 0 Å². The predicted molar refractivity (Wildman–Crippen MR) is 75.6 cm³/mol. The second kappa shape index (κ2) is 9.29. The molecule has 1 aromatic rings. The van der Waals surface area contributed by atoms with Crippen LogP contribution in [-0.2, 0) is 4.74 Å². The average Bonchev–Trinajstić information content (AvgIpc) is 2.43. The highest BCUT2D eigenvalue weighted by Crippen LogP contribution is 2.04. The molecule has 0 aromatic heterocycles. The largest absolute Gasteiger partial charge is 0.391 e. The van der Waals surface area contributed by atoms with Crippen molar-refractivity contribution in [3.05, 3.63) is 41.5 Å². The molecular formula is C15H20N2O2. The van der Waals surface area contributed by atoms with Crippen molar-refractivity contribution >= 4 is 6.08 Å². The molecule has 0 aliphatic heterocycles. The van der Waals surface area contributed by atoms with E-state index in [1.807, 2.05) is 24.3 Å². The third-order valence-corrected chi connectivity index (χ3v) is 2.63. The number of methoxy groups -OCH3 is 1. The fourth-order valence-electron chi connectivity index (χ4n) is 1.59. The summed E-state index contributed by atoms with van der Waals surface area (Å²) in [5.74, 6) is 0. The number of nitrogens with one attached hydrogen (secondary N) is 1. The van der Waals surface area contributed by atoms with Crippen molar-refractivity contribution in [2.24, 2.45) is 0 Å². The molecular weight excluding hydrogens is 240 g/mol. The molecule has 1 rings (SSSR count). The van der Waals surface area contributed by atoms with Crippen LogP contribution in [0.25, 0.3) is 6.08 Å². The van der Waals surface area contributed by atoms with Gasteiger partial charge in [0.05, 0.1) is 24.3 Å². The van der Waals surface area contributed by atoms with Crippen molar-refractivity contribution in [3.63, 3.8) is 0 Å². The standard InChI is InChI=1S/C15H20N2O2/c1-19-12-15(18)8-10-17-9-2-3-13-4-6-14(11-16)7-5-13/h2-7,15,17-18H,8-10,12H2,1H3/b3-2+. The lowest BCUT2D eigenvalue weighted by Crippen LogP contribution is -2.23. The summed E-state index contributed by atoms with van der Waals surface area (Å²) in [5.41, 5.74) is 1.74. The molecule has 0 aliphatic carbocycles. The van der Waals surface area contributed by atoms with E-state index in [-0.39, 0.29) is 0 Å². The van der Waals surface area contributed by atoms with Crippen LogP contribution in [0, 0.1) is 11.3 Å². The van der Waals surface area contributed by atoms with Crippen LogP contribution in [-0.4, -0.2) is 38.0 Å². The molecule has 1 aromatic carbocycles. The smallest absolute Gasteiger partial charge is 0.0991 e. The van der Waals surface area contributed by atoms with Crippen LogP contribution in [0.4, 0.5) is 0 Å². The van der Waals surface area contributed by atoms with E-state index in [4.69, 9.17) is 10.00 Å². The molecule has 0 aliphatic rings. The first kappa shape index (κ1) is 15.4. The van der Waals surface area contributed by atoms with Crippen molar-refractivity contribution in [2.75, 3.05) is 26.8 Å². The molecule has 4 nitrogen and oxygen atoms in total. The van der Waals surface area contributed by atoms with Gasteiger partial charge in [-0.2, -0.15) is 5.26 Å². The van der Waals surface area contributed by atoms with Crippen molar-refractivity contribution < 1.29 is 9.84 Å². The van der Waals surface area contributed by atoms with Gasteiger partial charge in [-0.3, -0.25) is 0 Å². The lowest BCUT2D eigenvalue weighted by molar-refractivity contribution is 0.0596. The van der Waals surface area contributed by atoms with Crippen LogP contribution in [0.1, 0.15) is 17.5 Å². The molecule has 1 unspecified atom stereocenters. The lowest BCUT2D eigenvalue weighted by atomic mass is 10.1. The van der Waals surface area contributed by atoms with Gasteiger partial charge in [-0.25, -0.2) is 0 Å². The first-order chi connectivity index (χ1) is 9.26. The van der Waals surface area contributed by atoms with Gasteiger partial charge in [0, 0.05) is 13.7 Å². The van der Waals surface area contributed by atoms with E-state index in [9.17, 15) is 5.11 Å². The number of benzene rings is 1. The SMILES string of the molecule is COCC(O)CCNC/C=C/c1ccc(C#N)cc1. The fourth-order valence-corrected chi connectivity index (χ4v) is 1.59. The molecule has 1 atom stereocenters. The Morgan fingerprint density at radius 2 is 2.16 bits per heavy atom. The number of nitrogens with zero attached hydrogens (tertiary/aromatic N) is 1. The summed E-state index contributed by atoms with van der Waals surface area (Å²) in [6.45, 7) is 1.88. The predicted octanol–water partition coefficient (Wildman–Crippen LogP) is 1.56. The van der Waals surface area contributed by atoms with Crippen molar-refractivity contribution in [1.29, 1.82) is 5.26 Å². The van der Waals surface area contributed by atoms with Gasteiger partial charge in [0.15, 0.2) is 0 Å². The normalized spacial score (nSPS) is 12.5. The fraction of sp³-hybridized carbons (Fsp3) is 0.400. The number of hydrogen-bond acceptors (Lipinski definition) is 4. The summed E-state index contributed by atoms with van der Waals surface area (Å²) < 4.78 is 4.84. The van der Waals surface area contributed by atoms with Gasteiger partial charge < -0.3 is 15.2 Å². The molecule has 19 heavy (non-hydrogen) atoms. The van der Waals surface area contributed by atoms with E-state index in [0.717, 1.165) is 18.7 Å². The Morgan fingerprint density at radius 1 is 1.42 bits per heavy atom. The zero-order valence-electron chi connectivity index (χ0n) is 11.2. The minimum atomic E-state index is -0.403. The zero-order valence-corrected chi connectivity index (χ0v) is 11.2. The maximum atomic E-state index is 9.42. The molecule has 2 N–H and O–H groups in total. The Kier molecular flexibility index (Phi) is 7.52. The topological polar surface area (TPSA) is 65.3 Å². The maximum absolute atomic E-state index is 9.42. The van der Waals surface area contributed by atoms with Crippen LogP contribution in [0.15, 0.2) is 30.3 Å². The number of nitriles is 1. The maximum Gasteiger partial charge on any atom is 0.0991 e. The molecule has 0 spiro atoms. The van der Waals surface area contributed by atoms with Gasteiger partial charge in [-0.1, -0.05) is 24.3 Å². The molecule has 0 saturated heterocycles. The summed E-state index contributed by atoms with van der Waals surface area (Å²) in [5, 5.41) is 21.3. The summed E-state index contributed by atoms with van der Waals surface area (Å²) in [7, 11) is 1.58. The van der Waals surface area contributed by atoms with Crippen molar-refractivity contribution in [1.82, 2.24) is 5.32 Å². The summed E-state index contributed by atoms with van der Waals surface area (Å²) >= 11 is 0. The summed E-state index contributed by atoms with van der Waals surface area (Å²) in [4.78, 5) is 0. The van der Waals surface area contributed by atoms with E-state index in [0.29, 0.717) is 18.6 Å². The van der Waals surface area contributed by atoms with Crippen LogP contribution in [0.5, 0.6) is 0 Å². The van der Waals surface area contributed by atoms with Crippen molar-refractivity contribution in [2.45, 2.75) is 12.5 Å². The number of hydrogen-bond donors (Lipinski definition) is 2. The molecule has 102 valence electrons. The Balaban J connectivity index is 2.18. The number of ether oxygens (including phenoxy) is 1. The van der Waals surface area contributed by atoms with E-state index in [2.05, 4.69) is 11.4 Å². The first-order valence-electron chi connectivity index (χ1n) is 6.30. The van der Waals surface area contributed by atoms with Gasteiger partial charge in [0.25, 0.3) is 0 Å². The van der Waals surface area contributed by atoms with Crippen LogP contribution < -0.4 is 5.32 Å². The third-order valence-electron chi connectivity index (χ3n) is 2.63. The van der Waals surface area contributed by atoms with E-state index in [1.54, 1.807) is 19.2 Å². The minimum absolute atomic E-state index is 0.378. The average molecular weight is 260 g/mol. The Labute approximate surface area is 114 Å². The van der Waals surface area contributed by atoms with Crippen molar-refractivity contribution in [3.8, 4) is 6.07 Å². The van der Waals surface area contributed by atoms with Crippen LogP contribution in [0.2, 0.25) is 0 Å². The third kappa shape index (κ3) is 6.73. The van der Waals surface area contributed by atoms with Crippen LogP contribution in [0.3, 0.4) is 0 Å². The monoisotopic (exact) mass is 260 g/mol. The molecule has 0 radical (unpaired) electrons. The van der Waals surface area contributed by atoms with Crippen LogP contribution >= 0.6 is 0 Å². The molecule has 0 fully saturated rings. The van der Waals surface area contributed by atoms with E-state index >= 15 is 0 Å². The lowest BCUT2D eigenvalue weighted by Gasteiger charge is -2.08. The molecule has 0 heterocycles. The molecule has 0 saturated carbocycles. The summed E-state index contributed by atoms with van der Waals surface area (Å²) in [6, 6.07) is 9.52. The Morgan fingerprint density at radius 3 is 2.79 bits per heavy atom. The van der Waals surface area contributed by atoms with Gasteiger partial charge in [0.1, 0.15) is 0 Å². The highest BCUT2D eigenvalue weighted by molar-refractivity contribution is 5.50. The molecule has 0 bridgehead atoms. The quantitative estimate of drug-likeness (QED) is 0.696. The minimum Gasteiger partial charge on any atom is -0.391 e. The first-order valence-corrected chi connectivity index (χ1v) is 6.30. The second-order valence-corrected chi connectivity index (χ2v) is 4.24. The number of rotatable bonds is 8. The Hall–Kier alpha value is -1.67. The number of aliphatic hydroxyl groups is 1. The summed E-state index contributed by atoms with van der Waals surface area (Å²) in [6.07, 6.45) is 4.29.